The zero-order valence-electron chi connectivity index (χ0n) is 17.3. The van der Waals surface area contributed by atoms with Gasteiger partial charge in [-0.2, -0.15) is 0 Å². The average Bonchev–Trinajstić information content (AvgIpc) is 2.90. The molecule has 1 amide bonds. The maximum absolute atomic E-state index is 12.7. The molecule has 0 spiro atoms. The van der Waals surface area contributed by atoms with Gasteiger partial charge in [0.25, 0.3) is 5.91 Å². The number of ether oxygens (including phenoxy) is 3. The van der Waals surface area contributed by atoms with Gasteiger partial charge in [-0.25, -0.2) is 4.79 Å². The third-order valence-corrected chi connectivity index (χ3v) is 4.77. The standard InChI is InChI=1S/C21H28N2O5/c1-7-28-21(25)19-13(2)18(14(3)23(19)4)20(24)22-11-10-15-8-9-16(26-5)17(12-15)27-6/h8-9,12H,7,10-11H2,1-6H3,(H,22,24). The van der Waals surface area contributed by atoms with Crippen LogP contribution in [0.1, 0.15) is 44.6 Å². The number of esters is 1. The molecule has 1 N–H and O–H groups in total. The Labute approximate surface area is 165 Å². The molecule has 1 heterocycles. The highest BCUT2D eigenvalue weighted by Gasteiger charge is 2.25. The number of carbonyl (C=O) groups is 2. The van der Waals surface area contributed by atoms with Crippen molar-refractivity contribution >= 4 is 11.9 Å². The topological polar surface area (TPSA) is 78.8 Å². The summed E-state index contributed by atoms with van der Waals surface area (Å²) in [4.78, 5) is 24.9. The highest BCUT2D eigenvalue weighted by atomic mass is 16.5. The summed E-state index contributed by atoms with van der Waals surface area (Å²) in [5, 5.41) is 2.93. The molecule has 0 fully saturated rings. The van der Waals surface area contributed by atoms with Crippen molar-refractivity contribution < 1.29 is 23.8 Å². The number of nitrogens with one attached hydrogen (secondary N) is 1. The van der Waals surface area contributed by atoms with Gasteiger partial charge in [-0.3, -0.25) is 4.79 Å². The number of amides is 1. The average molecular weight is 388 g/mol. The minimum Gasteiger partial charge on any atom is -0.493 e. The van der Waals surface area contributed by atoms with Gasteiger partial charge in [0.1, 0.15) is 5.69 Å². The van der Waals surface area contributed by atoms with Crippen LogP contribution in [-0.2, 0) is 18.2 Å². The van der Waals surface area contributed by atoms with Crippen LogP contribution in [0.15, 0.2) is 18.2 Å². The number of hydrogen-bond donors (Lipinski definition) is 1. The predicted molar refractivity (Wildman–Crippen MR) is 106 cm³/mol. The fraction of sp³-hybridized carbons (Fsp3) is 0.429. The van der Waals surface area contributed by atoms with E-state index in [1.807, 2.05) is 25.1 Å². The van der Waals surface area contributed by atoms with Crippen LogP contribution in [0.4, 0.5) is 0 Å². The summed E-state index contributed by atoms with van der Waals surface area (Å²) in [5.41, 5.74) is 3.29. The largest absolute Gasteiger partial charge is 0.493 e. The van der Waals surface area contributed by atoms with Gasteiger partial charge in [0.2, 0.25) is 0 Å². The first-order chi connectivity index (χ1) is 13.3. The molecule has 7 heteroatoms. The normalized spacial score (nSPS) is 10.5. The number of methoxy groups -OCH3 is 2. The van der Waals surface area contributed by atoms with E-state index in [1.165, 1.54) is 0 Å². The molecule has 2 aromatic rings. The van der Waals surface area contributed by atoms with Crippen LogP contribution in [0, 0.1) is 13.8 Å². The highest BCUT2D eigenvalue weighted by molar-refractivity contribution is 6.01. The molecule has 0 aliphatic rings. The maximum atomic E-state index is 12.7. The molecule has 0 unspecified atom stereocenters. The van der Waals surface area contributed by atoms with E-state index in [1.54, 1.807) is 39.7 Å². The van der Waals surface area contributed by atoms with Crippen molar-refractivity contribution in [3.63, 3.8) is 0 Å². The van der Waals surface area contributed by atoms with Crippen LogP contribution < -0.4 is 14.8 Å². The molecular weight excluding hydrogens is 360 g/mol. The van der Waals surface area contributed by atoms with Crippen LogP contribution >= 0.6 is 0 Å². The molecule has 2 rings (SSSR count). The molecule has 1 aromatic heterocycles. The van der Waals surface area contributed by atoms with Crippen LogP contribution in [0.5, 0.6) is 11.5 Å². The molecular formula is C21H28N2O5. The van der Waals surface area contributed by atoms with E-state index in [9.17, 15) is 9.59 Å². The Balaban J connectivity index is 2.10. The fourth-order valence-electron chi connectivity index (χ4n) is 3.25. The molecule has 28 heavy (non-hydrogen) atoms. The van der Waals surface area contributed by atoms with Crippen molar-refractivity contribution in [3.05, 3.63) is 46.3 Å². The van der Waals surface area contributed by atoms with Crippen molar-refractivity contribution in [2.24, 2.45) is 7.05 Å². The lowest BCUT2D eigenvalue weighted by Crippen LogP contribution is -2.26. The number of benzene rings is 1. The third kappa shape index (κ3) is 4.30. The number of nitrogens with zero attached hydrogens (tertiary/aromatic N) is 1. The monoisotopic (exact) mass is 388 g/mol. The molecule has 7 nitrogen and oxygen atoms in total. The van der Waals surface area contributed by atoms with E-state index in [0.29, 0.717) is 41.3 Å². The number of hydrogen-bond acceptors (Lipinski definition) is 5. The summed E-state index contributed by atoms with van der Waals surface area (Å²) < 4.78 is 17.3. The van der Waals surface area contributed by atoms with Gasteiger partial charge in [0.15, 0.2) is 11.5 Å². The quantitative estimate of drug-likeness (QED) is 0.704. The number of aromatic nitrogens is 1. The van der Waals surface area contributed by atoms with Crippen LogP contribution in [-0.4, -0.2) is 43.8 Å². The van der Waals surface area contributed by atoms with Gasteiger partial charge < -0.3 is 24.1 Å². The summed E-state index contributed by atoms with van der Waals surface area (Å²) in [5.74, 6) is 0.689. The number of rotatable bonds is 8. The maximum Gasteiger partial charge on any atom is 0.355 e. The Morgan fingerprint density at radius 2 is 1.79 bits per heavy atom. The summed E-state index contributed by atoms with van der Waals surface area (Å²) in [7, 11) is 4.94. The minimum absolute atomic E-state index is 0.207. The first-order valence-electron chi connectivity index (χ1n) is 9.17. The predicted octanol–water partition coefficient (Wildman–Crippen LogP) is 2.81. The Morgan fingerprint density at radius 3 is 2.39 bits per heavy atom. The van der Waals surface area contributed by atoms with Gasteiger partial charge >= 0.3 is 5.97 Å². The Morgan fingerprint density at radius 1 is 1.11 bits per heavy atom. The zero-order valence-corrected chi connectivity index (χ0v) is 17.3. The van der Waals surface area contributed by atoms with E-state index in [-0.39, 0.29) is 12.5 Å². The first-order valence-corrected chi connectivity index (χ1v) is 9.17. The van der Waals surface area contributed by atoms with E-state index < -0.39 is 5.97 Å². The third-order valence-electron chi connectivity index (χ3n) is 4.77. The zero-order chi connectivity index (χ0) is 20.8. The van der Waals surface area contributed by atoms with E-state index in [2.05, 4.69) is 5.32 Å². The fourth-order valence-corrected chi connectivity index (χ4v) is 3.25. The summed E-state index contributed by atoms with van der Waals surface area (Å²) in [6.45, 7) is 6.08. The molecule has 0 atom stereocenters. The highest BCUT2D eigenvalue weighted by Crippen LogP contribution is 2.27. The molecule has 0 saturated carbocycles. The lowest BCUT2D eigenvalue weighted by molar-refractivity contribution is 0.0514. The van der Waals surface area contributed by atoms with E-state index in [4.69, 9.17) is 14.2 Å². The van der Waals surface area contributed by atoms with Crippen molar-refractivity contribution in [1.82, 2.24) is 9.88 Å². The van der Waals surface area contributed by atoms with Gasteiger partial charge in [0, 0.05) is 19.3 Å². The summed E-state index contributed by atoms with van der Waals surface area (Å²) >= 11 is 0. The lowest BCUT2D eigenvalue weighted by atomic mass is 10.1. The Hall–Kier alpha value is -2.96. The summed E-state index contributed by atoms with van der Waals surface area (Å²) in [6.07, 6.45) is 0.641. The molecule has 0 saturated heterocycles. The molecule has 0 aliphatic heterocycles. The second-order valence-electron chi connectivity index (χ2n) is 6.41. The SMILES string of the molecule is CCOC(=O)c1c(C)c(C(=O)NCCc2ccc(OC)c(OC)c2)c(C)n1C. The van der Waals surface area contributed by atoms with Crippen molar-refractivity contribution in [2.45, 2.75) is 27.2 Å². The van der Waals surface area contributed by atoms with Gasteiger partial charge in [0.05, 0.1) is 26.4 Å². The second kappa shape index (κ2) is 9.30. The van der Waals surface area contributed by atoms with Gasteiger partial charge in [-0.05, 0) is 50.5 Å². The Bertz CT molecular complexity index is 870. The Kier molecular flexibility index (Phi) is 7.09. The summed E-state index contributed by atoms with van der Waals surface area (Å²) in [6, 6.07) is 5.67. The molecule has 0 bridgehead atoms. The van der Waals surface area contributed by atoms with Crippen LogP contribution in [0.3, 0.4) is 0 Å². The molecule has 0 aliphatic carbocycles. The van der Waals surface area contributed by atoms with Gasteiger partial charge in [-0.1, -0.05) is 6.07 Å². The van der Waals surface area contributed by atoms with E-state index >= 15 is 0 Å². The molecule has 152 valence electrons. The van der Waals surface area contributed by atoms with Crippen molar-refractivity contribution in [2.75, 3.05) is 27.4 Å². The van der Waals surface area contributed by atoms with Crippen molar-refractivity contribution in [1.29, 1.82) is 0 Å². The van der Waals surface area contributed by atoms with E-state index in [0.717, 1.165) is 11.3 Å². The lowest BCUT2D eigenvalue weighted by Gasteiger charge is -2.10. The van der Waals surface area contributed by atoms with Crippen LogP contribution in [0.25, 0.3) is 0 Å². The van der Waals surface area contributed by atoms with Gasteiger partial charge in [-0.15, -0.1) is 0 Å². The van der Waals surface area contributed by atoms with Crippen molar-refractivity contribution in [3.8, 4) is 11.5 Å². The molecule has 0 radical (unpaired) electrons. The first kappa shape index (κ1) is 21.3. The molecule has 1 aromatic carbocycles. The minimum atomic E-state index is -0.421. The number of carbonyl (C=O) groups excluding carboxylic acids is 2. The smallest absolute Gasteiger partial charge is 0.355 e. The van der Waals surface area contributed by atoms with Crippen LogP contribution in [0.2, 0.25) is 0 Å². The second-order valence-corrected chi connectivity index (χ2v) is 6.41.